The van der Waals surface area contributed by atoms with E-state index in [-0.39, 0.29) is 6.85 Å². The van der Waals surface area contributed by atoms with Crippen molar-refractivity contribution in [1.29, 1.82) is 0 Å². The van der Waals surface area contributed by atoms with E-state index in [0.29, 0.717) is 17.5 Å². The van der Waals surface area contributed by atoms with Crippen molar-refractivity contribution in [3.05, 3.63) is 289 Å². The Balaban J connectivity index is 1.01. The number of nitrogens with zero attached hydrogens (tertiary/aromatic N) is 5. The van der Waals surface area contributed by atoms with E-state index in [1.165, 1.54) is 116 Å². The summed E-state index contributed by atoms with van der Waals surface area (Å²) in [6.07, 6.45) is 0. The third kappa shape index (κ3) is 8.27. The molecule has 0 saturated heterocycles. The van der Waals surface area contributed by atoms with Crippen LogP contribution in [0.25, 0.3) is 123 Å². The van der Waals surface area contributed by atoms with E-state index in [0.717, 1.165) is 44.9 Å². The second kappa shape index (κ2) is 20.3. The van der Waals surface area contributed by atoms with Gasteiger partial charge in [0.15, 0.2) is 17.5 Å². The topological polar surface area (TPSA) is 46.8 Å². The molecule has 0 atom stereocenters. The van der Waals surface area contributed by atoms with Crippen LogP contribution in [0.4, 0.5) is 17.1 Å². The zero-order valence-electron chi connectivity index (χ0n) is 48.6. The van der Waals surface area contributed by atoms with Gasteiger partial charge in [-0.15, -0.1) is 0 Å². The number of fused-ring (bicyclic) bond motifs is 7. The minimum absolute atomic E-state index is 0.194. The largest absolute Gasteiger partial charge is 0.375 e. The number of aryl methyl sites for hydroxylation is 4. The van der Waals surface area contributed by atoms with Crippen molar-refractivity contribution in [2.24, 2.45) is 0 Å². The SMILES string of the molecule is Cc1cccc(C)c1-c1ccc2c(c1)c1cc(-c3c(C)cccc3C)cc3c1n2B1c2cc(-c4ccccc4)ccc2N(c2ccc(-c4ccccc4)cc2)c2cc(-c4cccc(-c5nc(-c6ccccc6)nc(-c6ccccc6)n5)c4)c(C)c-3c21. The van der Waals surface area contributed by atoms with Gasteiger partial charge in [0.05, 0.1) is 0 Å². The van der Waals surface area contributed by atoms with E-state index in [9.17, 15) is 0 Å². The molecule has 0 unspecified atom stereocenters. The second-order valence-corrected chi connectivity index (χ2v) is 23.3. The summed E-state index contributed by atoms with van der Waals surface area (Å²) < 4.78 is 2.72. The molecule has 5 nitrogen and oxygen atoms in total. The maximum atomic E-state index is 5.24. The highest BCUT2D eigenvalue weighted by Gasteiger charge is 2.44. The van der Waals surface area contributed by atoms with Crippen molar-refractivity contribution in [1.82, 2.24) is 19.4 Å². The maximum Gasteiger partial charge on any atom is 0.333 e. The van der Waals surface area contributed by atoms with Crippen molar-refractivity contribution in [3.63, 3.8) is 0 Å². The minimum Gasteiger partial charge on any atom is -0.375 e. The average Bonchev–Trinajstić information content (AvgIpc) is 1.40. The summed E-state index contributed by atoms with van der Waals surface area (Å²) in [7, 11) is 0. The van der Waals surface area contributed by atoms with Crippen LogP contribution >= 0.6 is 0 Å². The molecule has 0 bridgehead atoms. The monoisotopic (exact) mass is 1100 g/mol. The van der Waals surface area contributed by atoms with E-state index in [4.69, 9.17) is 15.0 Å². The number of benzene rings is 12. The minimum atomic E-state index is -0.194. The Hall–Kier alpha value is -10.7. The quantitative estimate of drug-likeness (QED) is 0.135. The molecule has 2 aromatic heterocycles. The van der Waals surface area contributed by atoms with E-state index in [2.05, 4.69) is 268 Å². The Morgan fingerprint density at radius 2 is 0.791 bits per heavy atom. The lowest BCUT2D eigenvalue weighted by molar-refractivity contribution is 1.07. The van der Waals surface area contributed by atoms with E-state index in [1.807, 2.05) is 36.4 Å². The molecule has 86 heavy (non-hydrogen) atoms. The summed E-state index contributed by atoms with van der Waals surface area (Å²) in [4.78, 5) is 18.1. The summed E-state index contributed by atoms with van der Waals surface area (Å²) in [5, 5.41) is 2.50. The van der Waals surface area contributed by atoms with Gasteiger partial charge in [-0.05, 0) is 189 Å². The number of rotatable bonds is 9. The summed E-state index contributed by atoms with van der Waals surface area (Å²) >= 11 is 0. The first-order valence-corrected chi connectivity index (χ1v) is 29.8. The van der Waals surface area contributed by atoms with Gasteiger partial charge in [-0.2, -0.15) is 0 Å². The van der Waals surface area contributed by atoms with Gasteiger partial charge >= 0.3 is 6.85 Å². The van der Waals surface area contributed by atoms with Gasteiger partial charge in [-0.3, -0.25) is 0 Å². The molecule has 0 amide bonds. The predicted octanol–water partition coefficient (Wildman–Crippen LogP) is 19.3. The molecule has 16 rings (SSSR count). The van der Waals surface area contributed by atoms with Gasteiger partial charge in [0.25, 0.3) is 0 Å². The molecule has 2 aliphatic heterocycles. The molecular formula is C80H58BN5. The Morgan fingerprint density at radius 3 is 1.40 bits per heavy atom. The molecule has 0 spiro atoms. The van der Waals surface area contributed by atoms with Gasteiger partial charge in [0, 0.05) is 61.1 Å². The second-order valence-electron chi connectivity index (χ2n) is 23.3. The molecule has 0 N–H and O–H groups in total. The Bertz CT molecular complexity index is 4930. The standard InChI is InChI=1S/C80H58BN5/c1-49-21-18-22-50(2)73(49)61-38-41-70-66(44-61)67-45-63(74-51(3)23-19-24-52(74)4)46-68-75-53(5)65(60-33-20-34-62(43-60)80-83-78(57-29-14-8-15-30-57)82-79(84-80)58-31-16-9-17-32-58)48-72-76(75)81(86(70)77(67)68)69-47-59(55-27-12-7-13-28-55)37-42-71(69)85(72)64-39-35-56(36-40-64)54-25-10-6-11-26-54/h6-48H,1-5H3. The molecule has 0 radical (unpaired) electrons. The molecule has 6 heteroatoms. The van der Waals surface area contributed by atoms with Crippen molar-refractivity contribution in [2.45, 2.75) is 34.6 Å². The number of anilines is 3. The molecule has 0 saturated carbocycles. The summed E-state index contributed by atoms with van der Waals surface area (Å²) in [5.41, 5.74) is 31.9. The lowest BCUT2D eigenvalue weighted by atomic mass is 9.44. The predicted molar refractivity (Wildman–Crippen MR) is 361 cm³/mol. The molecule has 4 heterocycles. The third-order valence-corrected chi connectivity index (χ3v) is 18.1. The van der Waals surface area contributed by atoms with Crippen LogP contribution in [0, 0.1) is 34.6 Å². The highest BCUT2D eigenvalue weighted by Crippen LogP contribution is 2.51. The molecule has 406 valence electrons. The Morgan fingerprint density at radius 1 is 0.314 bits per heavy atom. The zero-order valence-corrected chi connectivity index (χ0v) is 48.6. The first-order chi connectivity index (χ1) is 42.2. The lowest BCUT2D eigenvalue weighted by Gasteiger charge is -2.42. The smallest absolute Gasteiger partial charge is 0.333 e. The molecule has 12 aromatic carbocycles. The van der Waals surface area contributed by atoms with Crippen molar-refractivity contribution in [2.75, 3.05) is 4.90 Å². The van der Waals surface area contributed by atoms with E-state index >= 15 is 0 Å². The van der Waals surface area contributed by atoms with Gasteiger partial charge in [-0.25, -0.2) is 15.0 Å². The zero-order chi connectivity index (χ0) is 57.7. The van der Waals surface area contributed by atoms with Crippen LogP contribution < -0.4 is 15.8 Å². The van der Waals surface area contributed by atoms with Crippen LogP contribution in [0.2, 0.25) is 0 Å². The summed E-state index contributed by atoms with van der Waals surface area (Å²) in [5.74, 6) is 1.88. The highest BCUT2D eigenvalue weighted by atomic mass is 15.2. The van der Waals surface area contributed by atoms with Crippen LogP contribution in [-0.4, -0.2) is 26.3 Å². The molecule has 2 aliphatic rings. The van der Waals surface area contributed by atoms with Crippen molar-refractivity contribution in [3.8, 4) is 101 Å². The first-order valence-electron chi connectivity index (χ1n) is 29.8. The average molecular weight is 1100 g/mol. The maximum absolute atomic E-state index is 5.24. The Kier molecular flexibility index (Phi) is 12.0. The fraction of sp³-hybridized carbons (Fsp3) is 0.0625. The highest BCUT2D eigenvalue weighted by molar-refractivity contribution is 6.90. The number of hydrogen-bond acceptors (Lipinski definition) is 4. The summed E-state index contributed by atoms with van der Waals surface area (Å²) in [6.45, 7) is 11.2. The molecule has 14 aromatic rings. The van der Waals surface area contributed by atoms with Gasteiger partial charge in [0.2, 0.25) is 0 Å². The van der Waals surface area contributed by atoms with E-state index < -0.39 is 0 Å². The van der Waals surface area contributed by atoms with Crippen LogP contribution in [0.3, 0.4) is 0 Å². The fourth-order valence-corrected chi connectivity index (χ4v) is 14.2. The van der Waals surface area contributed by atoms with Crippen molar-refractivity contribution >= 4 is 56.6 Å². The van der Waals surface area contributed by atoms with Gasteiger partial charge < -0.3 is 9.38 Å². The first kappa shape index (κ1) is 51.0. The van der Waals surface area contributed by atoms with Crippen molar-refractivity contribution < 1.29 is 0 Å². The van der Waals surface area contributed by atoms with E-state index in [1.54, 1.807) is 0 Å². The lowest BCUT2D eigenvalue weighted by Crippen LogP contribution is -2.57. The van der Waals surface area contributed by atoms with Crippen LogP contribution in [0.1, 0.15) is 27.8 Å². The summed E-state index contributed by atoms with van der Waals surface area (Å²) in [6, 6.07) is 95.4. The van der Waals surface area contributed by atoms with Crippen LogP contribution in [0.15, 0.2) is 261 Å². The number of aromatic nitrogens is 4. The van der Waals surface area contributed by atoms with Gasteiger partial charge in [-0.1, -0.05) is 206 Å². The fourth-order valence-electron chi connectivity index (χ4n) is 14.2. The third-order valence-electron chi connectivity index (χ3n) is 18.1. The van der Waals surface area contributed by atoms with Crippen LogP contribution in [-0.2, 0) is 0 Å². The molecule has 0 fully saturated rings. The van der Waals surface area contributed by atoms with Crippen LogP contribution in [0.5, 0.6) is 0 Å². The molecule has 0 aliphatic carbocycles. The number of hydrogen-bond donors (Lipinski definition) is 0. The normalized spacial score (nSPS) is 12.2. The molecular weight excluding hydrogens is 1040 g/mol. The van der Waals surface area contributed by atoms with Gasteiger partial charge in [0.1, 0.15) is 0 Å². The Labute approximate surface area is 502 Å².